The predicted octanol–water partition coefficient (Wildman–Crippen LogP) is 7.33. The summed E-state index contributed by atoms with van der Waals surface area (Å²) in [6.45, 7) is 18.4. The second kappa shape index (κ2) is 14.4. The van der Waals surface area contributed by atoms with Gasteiger partial charge in [0.2, 0.25) is 0 Å². The maximum absolute atomic E-state index is 2.38. The predicted molar refractivity (Wildman–Crippen MR) is 91.7 cm³/mol. The maximum Gasteiger partial charge on any atom is -0.0386 e. The SMILES string of the molecule is CCC.CCCC(CCC(C)C)C(CC)CC(C)C. The molecule has 0 bridgehead atoms. The van der Waals surface area contributed by atoms with E-state index in [0.717, 1.165) is 23.7 Å². The van der Waals surface area contributed by atoms with E-state index in [4.69, 9.17) is 0 Å². The Labute approximate surface area is 124 Å². The minimum absolute atomic E-state index is 0.864. The van der Waals surface area contributed by atoms with Gasteiger partial charge in [0.25, 0.3) is 0 Å². The van der Waals surface area contributed by atoms with Gasteiger partial charge in [-0.1, -0.05) is 87.5 Å². The van der Waals surface area contributed by atoms with E-state index in [1.165, 1.54) is 44.9 Å². The Hall–Kier alpha value is 0. The van der Waals surface area contributed by atoms with Crippen molar-refractivity contribution < 1.29 is 0 Å². The lowest BCUT2D eigenvalue weighted by Crippen LogP contribution is -2.17. The lowest BCUT2D eigenvalue weighted by molar-refractivity contribution is 0.232. The molecule has 0 fully saturated rings. The van der Waals surface area contributed by atoms with Gasteiger partial charge in [-0.05, 0) is 36.5 Å². The molecule has 118 valence electrons. The fourth-order valence-corrected chi connectivity index (χ4v) is 2.83. The molecule has 0 N–H and O–H groups in total. The van der Waals surface area contributed by atoms with Crippen LogP contribution in [0.25, 0.3) is 0 Å². The minimum Gasteiger partial charge on any atom is -0.0656 e. The third-order valence-corrected chi connectivity index (χ3v) is 3.74. The van der Waals surface area contributed by atoms with E-state index in [-0.39, 0.29) is 0 Å². The van der Waals surface area contributed by atoms with Crippen molar-refractivity contribution in [3.63, 3.8) is 0 Å². The van der Waals surface area contributed by atoms with Gasteiger partial charge in [-0.3, -0.25) is 0 Å². The van der Waals surface area contributed by atoms with Crippen LogP contribution in [0.1, 0.15) is 100 Å². The third kappa shape index (κ3) is 14.2. The van der Waals surface area contributed by atoms with E-state index < -0.39 is 0 Å². The number of hydrogen-bond donors (Lipinski definition) is 0. The Balaban J connectivity index is 0. The summed E-state index contributed by atoms with van der Waals surface area (Å²) in [6, 6.07) is 0. The summed E-state index contributed by atoms with van der Waals surface area (Å²) >= 11 is 0. The molecule has 0 aromatic heterocycles. The fraction of sp³-hybridized carbons (Fsp3) is 1.00. The molecule has 19 heavy (non-hydrogen) atoms. The first-order valence-corrected chi connectivity index (χ1v) is 8.92. The zero-order chi connectivity index (χ0) is 15.3. The molecular weight excluding hydrogens is 228 g/mol. The second-order valence-electron chi connectivity index (χ2n) is 7.02. The quantitative estimate of drug-likeness (QED) is 0.411. The van der Waals surface area contributed by atoms with Gasteiger partial charge in [-0.2, -0.15) is 0 Å². The van der Waals surface area contributed by atoms with Crippen molar-refractivity contribution in [2.24, 2.45) is 23.7 Å². The molecule has 0 amide bonds. The van der Waals surface area contributed by atoms with E-state index in [9.17, 15) is 0 Å². The van der Waals surface area contributed by atoms with Crippen molar-refractivity contribution in [2.75, 3.05) is 0 Å². The largest absolute Gasteiger partial charge is 0.0656 e. The Bertz CT molecular complexity index is 157. The van der Waals surface area contributed by atoms with Crippen LogP contribution in [-0.2, 0) is 0 Å². The van der Waals surface area contributed by atoms with Crippen LogP contribution < -0.4 is 0 Å². The first-order chi connectivity index (χ1) is 8.92. The molecular formula is C19H42. The van der Waals surface area contributed by atoms with Gasteiger partial charge in [-0.25, -0.2) is 0 Å². The molecule has 0 rings (SSSR count). The molecule has 0 heteroatoms. The van der Waals surface area contributed by atoms with E-state index in [1.807, 2.05) is 0 Å². The Kier molecular flexibility index (Phi) is 16.2. The molecule has 2 atom stereocenters. The highest BCUT2D eigenvalue weighted by molar-refractivity contribution is 4.71. The highest BCUT2D eigenvalue weighted by Gasteiger charge is 2.20. The molecule has 2 unspecified atom stereocenters. The maximum atomic E-state index is 2.38. The minimum atomic E-state index is 0.864. The van der Waals surface area contributed by atoms with Crippen molar-refractivity contribution in [1.29, 1.82) is 0 Å². The topological polar surface area (TPSA) is 0 Å². The molecule has 0 spiro atoms. The fourth-order valence-electron chi connectivity index (χ4n) is 2.83. The van der Waals surface area contributed by atoms with Crippen molar-refractivity contribution >= 4 is 0 Å². The van der Waals surface area contributed by atoms with Crippen LogP contribution in [-0.4, -0.2) is 0 Å². The van der Waals surface area contributed by atoms with Crippen LogP contribution >= 0.6 is 0 Å². The summed E-state index contributed by atoms with van der Waals surface area (Å²) in [5, 5.41) is 0. The molecule has 0 saturated carbocycles. The average Bonchev–Trinajstić information content (AvgIpc) is 2.32. The number of hydrogen-bond acceptors (Lipinski definition) is 0. The normalized spacial score (nSPS) is 14.2. The highest BCUT2D eigenvalue weighted by Crippen LogP contribution is 2.31. The third-order valence-electron chi connectivity index (χ3n) is 3.74. The molecule has 0 aromatic carbocycles. The van der Waals surface area contributed by atoms with Gasteiger partial charge < -0.3 is 0 Å². The zero-order valence-corrected chi connectivity index (χ0v) is 15.3. The van der Waals surface area contributed by atoms with Gasteiger partial charge in [0.05, 0.1) is 0 Å². The van der Waals surface area contributed by atoms with Crippen LogP contribution in [0.2, 0.25) is 0 Å². The molecule has 0 nitrogen and oxygen atoms in total. The first-order valence-electron chi connectivity index (χ1n) is 8.92. The van der Waals surface area contributed by atoms with Crippen LogP contribution in [0, 0.1) is 23.7 Å². The Morgan fingerprint density at radius 3 is 1.47 bits per heavy atom. The lowest BCUT2D eigenvalue weighted by Gasteiger charge is -2.28. The van der Waals surface area contributed by atoms with E-state index in [1.54, 1.807) is 0 Å². The molecule has 0 heterocycles. The summed E-state index contributed by atoms with van der Waals surface area (Å²) < 4.78 is 0. The molecule has 0 aliphatic carbocycles. The lowest BCUT2D eigenvalue weighted by atomic mass is 9.78. The number of rotatable bonds is 9. The Morgan fingerprint density at radius 1 is 0.632 bits per heavy atom. The van der Waals surface area contributed by atoms with Gasteiger partial charge in [0, 0.05) is 0 Å². The van der Waals surface area contributed by atoms with E-state index in [2.05, 4.69) is 55.4 Å². The smallest absolute Gasteiger partial charge is 0.0386 e. The highest BCUT2D eigenvalue weighted by atomic mass is 14.3. The summed E-state index contributed by atoms with van der Waals surface area (Å²) in [5.74, 6) is 3.69. The van der Waals surface area contributed by atoms with Crippen molar-refractivity contribution in [3.8, 4) is 0 Å². The van der Waals surface area contributed by atoms with Crippen LogP contribution in [0.5, 0.6) is 0 Å². The molecule has 0 aromatic rings. The molecule has 0 aliphatic rings. The second-order valence-corrected chi connectivity index (χ2v) is 7.02. The van der Waals surface area contributed by atoms with Gasteiger partial charge >= 0.3 is 0 Å². The van der Waals surface area contributed by atoms with Crippen LogP contribution in [0.3, 0.4) is 0 Å². The Morgan fingerprint density at radius 2 is 1.16 bits per heavy atom. The summed E-state index contributed by atoms with van der Waals surface area (Å²) in [6.07, 6.45) is 9.73. The summed E-state index contributed by atoms with van der Waals surface area (Å²) in [4.78, 5) is 0. The van der Waals surface area contributed by atoms with Gasteiger partial charge in [-0.15, -0.1) is 0 Å². The molecule has 0 aliphatic heterocycles. The van der Waals surface area contributed by atoms with Crippen molar-refractivity contribution in [2.45, 2.75) is 100 Å². The molecule has 0 saturated heterocycles. The zero-order valence-electron chi connectivity index (χ0n) is 15.3. The van der Waals surface area contributed by atoms with E-state index in [0.29, 0.717) is 0 Å². The molecule has 0 radical (unpaired) electrons. The van der Waals surface area contributed by atoms with Crippen molar-refractivity contribution in [1.82, 2.24) is 0 Å². The van der Waals surface area contributed by atoms with Gasteiger partial charge in [0.1, 0.15) is 0 Å². The van der Waals surface area contributed by atoms with Crippen molar-refractivity contribution in [3.05, 3.63) is 0 Å². The average molecular weight is 271 g/mol. The standard InChI is InChI=1S/C16H34.C3H8/c1-7-9-16(11-10-13(3)4)15(8-2)12-14(5)6;1-3-2/h13-16H,7-12H2,1-6H3;3H2,1-2H3. The summed E-state index contributed by atoms with van der Waals surface area (Å²) in [5.41, 5.74) is 0. The monoisotopic (exact) mass is 270 g/mol. The van der Waals surface area contributed by atoms with E-state index >= 15 is 0 Å². The van der Waals surface area contributed by atoms with Crippen LogP contribution in [0.4, 0.5) is 0 Å². The van der Waals surface area contributed by atoms with Gasteiger partial charge in [0.15, 0.2) is 0 Å². The summed E-state index contributed by atoms with van der Waals surface area (Å²) in [7, 11) is 0. The first kappa shape index (κ1) is 21.3. The van der Waals surface area contributed by atoms with Crippen LogP contribution in [0.15, 0.2) is 0 Å².